The molecule has 1 fully saturated rings. The Kier molecular flexibility index (Phi) is 8.34. The number of aliphatic hydroxyl groups excluding tert-OH is 2. The van der Waals surface area contributed by atoms with Crippen molar-refractivity contribution in [3.63, 3.8) is 0 Å². The Morgan fingerprint density at radius 3 is 1.75 bits per heavy atom. The van der Waals surface area contributed by atoms with E-state index in [0.717, 1.165) is 16.0 Å². The predicted octanol–water partition coefficient (Wildman–Crippen LogP) is 4.03. The molecule has 3 aromatic carbocycles. The van der Waals surface area contributed by atoms with Gasteiger partial charge in [0.05, 0.1) is 19.8 Å². The van der Waals surface area contributed by atoms with Crippen LogP contribution in [0.1, 0.15) is 11.1 Å². The van der Waals surface area contributed by atoms with Crippen LogP contribution in [0.4, 0.5) is 0 Å². The molecule has 4 rings (SSSR count). The van der Waals surface area contributed by atoms with E-state index in [0.29, 0.717) is 13.2 Å². The molecule has 0 aliphatic carbocycles. The first-order chi connectivity index (χ1) is 15.7. The largest absolute Gasteiger partial charge is 0.394 e. The molecule has 0 bridgehead atoms. The van der Waals surface area contributed by atoms with E-state index in [1.165, 1.54) is 11.8 Å². The SMILES string of the molecule is OC[C@H]1O[C@@H](Sc2ccccc2)[C@H](O)[C@@H](OCc2ccccc2)[C@@H]1OCc1ccccc1. The van der Waals surface area contributed by atoms with Crippen LogP contribution in [0.15, 0.2) is 95.9 Å². The molecule has 168 valence electrons. The highest BCUT2D eigenvalue weighted by molar-refractivity contribution is 7.99. The zero-order chi connectivity index (χ0) is 22.2. The van der Waals surface area contributed by atoms with Crippen molar-refractivity contribution in [1.82, 2.24) is 0 Å². The minimum absolute atomic E-state index is 0.233. The smallest absolute Gasteiger partial charge is 0.136 e. The predicted molar refractivity (Wildman–Crippen MR) is 124 cm³/mol. The Morgan fingerprint density at radius 2 is 1.22 bits per heavy atom. The van der Waals surface area contributed by atoms with Gasteiger partial charge in [0.25, 0.3) is 0 Å². The molecular formula is C26H28O5S. The minimum Gasteiger partial charge on any atom is -0.394 e. The maximum Gasteiger partial charge on any atom is 0.136 e. The quantitative estimate of drug-likeness (QED) is 0.511. The van der Waals surface area contributed by atoms with E-state index in [9.17, 15) is 10.2 Å². The van der Waals surface area contributed by atoms with Crippen LogP contribution in [0.3, 0.4) is 0 Å². The van der Waals surface area contributed by atoms with Crippen molar-refractivity contribution in [1.29, 1.82) is 0 Å². The Balaban J connectivity index is 1.52. The Bertz CT molecular complexity index is 925. The number of hydrogen-bond donors (Lipinski definition) is 2. The summed E-state index contributed by atoms with van der Waals surface area (Å²) in [6.45, 7) is 0.428. The van der Waals surface area contributed by atoms with E-state index in [1.54, 1.807) is 0 Å². The van der Waals surface area contributed by atoms with Gasteiger partial charge in [-0.3, -0.25) is 0 Å². The second kappa shape index (κ2) is 11.6. The van der Waals surface area contributed by atoms with Crippen LogP contribution in [-0.2, 0) is 27.4 Å². The summed E-state index contributed by atoms with van der Waals surface area (Å²) < 4.78 is 18.5. The average Bonchev–Trinajstić information content (AvgIpc) is 2.85. The van der Waals surface area contributed by atoms with Gasteiger partial charge in [0.2, 0.25) is 0 Å². The summed E-state index contributed by atoms with van der Waals surface area (Å²) in [5.74, 6) is 0. The standard InChI is InChI=1S/C26H28O5S/c27-16-22-24(29-17-19-10-4-1-5-11-19)25(30-18-20-12-6-2-7-13-20)23(28)26(31-22)32-21-14-8-3-9-15-21/h1-15,22-28H,16-18H2/t22-,23-,24-,25-,26+/m1/s1. The molecule has 6 heteroatoms. The zero-order valence-electron chi connectivity index (χ0n) is 17.7. The van der Waals surface area contributed by atoms with E-state index < -0.39 is 29.9 Å². The van der Waals surface area contributed by atoms with Crippen LogP contribution in [-0.4, -0.2) is 46.7 Å². The fourth-order valence-corrected chi connectivity index (χ4v) is 4.77. The molecule has 1 aliphatic rings. The van der Waals surface area contributed by atoms with Crippen molar-refractivity contribution in [2.45, 2.75) is 48.0 Å². The van der Waals surface area contributed by atoms with Crippen molar-refractivity contribution in [3.05, 3.63) is 102 Å². The summed E-state index contributed by atoms with van der Waals surface area (Å²) in [4.78, 5) is 0.971. The molecule has 0 amide bonds. The summed E-state index contributed by atoms with van der Waals surface area (Å²) in [6, 6.07) is 29.4. The number of rotatable bonds is 9. The second-order valence-electron chi connectivity index (χ2n) is 7.67. The van der Waals surface area contributed by atoms with E-state index >= 15 is 0 Å². The highest BCUT2D eigenvalue weighted by atomic mass is 32.2. The molecule has 2 N–H and O–H groups in total. The van der Waals surface area contributed by atoms with Crippen LogP contribution < -0.4 is 0 Å². The number of benzene rings is 3. The number of aliphatic hydroxyl groups is 2. The first-order valence-corrected chi connectivity index (χ1v) is 11.6. The molecule has 0 radical (unpaired) electrons. The van der Waals surface area contributed by atoms with Crippen LogP contribution in [0.2, 0.25) is 0 Å². The van der Waals surface area contributed by atoms with Crippen LogP contribution >= 0.6 is 11.8 Å². The van der Waals surface area contributed by atoms with Gasteiger partial charge < -0.3 is 24.4 Å². The van der Waals surface area contributed by atoms with Gasteiger partial charge in [0.15, 0.2) is 0 Å². The summed E-state index contributed by atoms with van der Waals surface area (Å²) in [7, 11) is 0. The molecular weight excluding hydrogens is 424 g/mol. The van der Waals surface area contributed by atoms with E-state index in [2.05, 4.69) is 0 Å². The van der Waals surface area contributed by atoms with E-state index in [-0.39, 0.29) is 6.61 Å². The highest BCUT2D eigenvalue weighted by Crippen LogP contribution is 2.36. The van der Waals surface area contributed by atoms with E-state index in [4.69, 9.17) is 14.2 Å². The molecule has 5 nitrogen and oxygen atoms in total. The molecule has 3 aromatic rings. The van der Waals surface area contributed by atoms with Crippen LogP contribution in [0.5, 0.6) is 0 Å². The lowest BCUT2D eigenvalue weighted by atomic mass is 9.99. The Hall–Kier alpha value is -2.19. The topological polar surface area (TPSA) is 68.2 Å². The molecule has 1 heterocycles. The molecule has 1 aliphatic heterocycles. The second-order valence-corrected chi connectivity index (χ2v) is 8.84. The Labute approximate surface area is 193 Å². The third-order valence-corrected chi connectivity index (χ3v) is 6.53. The van der Waals surface area contributed by atoms with Gasteiger partial charge in [-0.05, 0) is 23.3 Å². The first kappa shape index (κ1) is 23.0. The van der Waals surface area contributed by atoms with Gasteiger partial charge in [-0.1, -0.05) is 90.6 Å². The molecule has 0 saturated carbocycles. The summed E-state index contributed by atoms with van der Waals surface area (Å²) in [5.41, 5.74) is 1.41. The molecule has 0 spiro atoms. The lowest BCUT2D eigenvalue weighted by Crippen LogP contribution is -2.59. The summed E-state index contributed by atoms with van der Waals surface area (Å²) in [6.07, 6.45) is -2.84. The van der Waals surface area contributed by atoms with Gasteiger partial charge in [-0.15, -0.1) is 0 Å². The van der Waals surface area contributed by atoms with Crippen molar-refractivity contribution in [3.8, 4) is 0 Å². The maximum atomic E-state index is 11.2. The van der Waals surface area contributed by atoms with E-state index in [1.807, 2.05) is 91.0 Å². The Morgan fingerprint density at radius 1 is 0.719 bits per heavy atom. The summed E-state index contributed by atoms with van der Waals surface area (Å²) >= 11 is 1.41. The van der Waals surface area contributed by atoms with Crippen molar-refractivity contribution < 1.29 is 24.4 Å². The average molecular weight is 453 g/mol. The van der Waals surface area contributed by atoms with Gasteiger partial charge in [0.1, 0.15) is 29.9 Å². The van der Waals surface area contributed by atoms with Crippen LogP contribution in [0.25, 0.3) is 0 Å². The fourth-order valence-electron chi connectivity index (χ4n) is 3.70. The number of ether oxygens (including phenoxy) is 3. The molecule has 1 saturated heterocycles. The van der Waals surface area contributed by atoms with Gasteiger partial charge >= 0.3 is 0 Å². The minimum atomic E-state index is -0.938. The first-order valence-electron chi connectivity index (χ1n) is 10.7. The lowest BCUT2D eigenvalue weighted by molar-refractivity contribution is -0.239. The third kappa shape index (κ3) is 5.98. The van der Waals surface area contributed by atoms with Crippen molar-refractivity contribution >= 4 is 11.8 Å². The third-order valence-electron chi connectivity index (χ3n) is 5.36. The maximum absolute atomic E-state index is 11.2. The number of thioether (sulfide) groups is 1. The van der Waals surface area contributed by atoms with Crippen molar-refractivity contribution in [2.75, 3.05) is 6.61 Å². The molecule has 0 unspecified atom stereocenters. The zero-order valence-corrected chi connectivity index (χ0v) is 18.5. The number of hydrogen-bond acceptors (Lipinski definition) is 6. The van der Waals surface area contributed by atoms with Gasteiger partial charge in [-0.2, -0.15) is 0 Å². The van der Waals surface area contributed by atoms with Gasteiger partial charge in [-0.25, -0.2) is 0 Å². The van der Waals surface area contributed by atoms with Gasteiger partial charge in [0, 0.05) is 4.90 Å². The van der Waals surface area contributed by atoms with Crippen LogP contribution in [0, 0.1) is 0 Å². The fraction of sp³-hybridized carbons (Fsp3) is 0.308. The molecule has 32 heavy (non-hydrogen) atoms. The highest BCUT2D eigenvalue weighted by Gasteiger charge is 2.47. The monoisotopic (exact) mass is 452 g/mol. The van der Waals surface area contributed by atoms with Crippen molar-refractivity contribution in [2.24, 2.45) is 0 Å². The normalized spacial score (nSPS) is 25.5. The molecule has 5 atom stereocenters. The lowest BCUT2D eigenvalue weighted by Gasteiger charge is -2.43. The summed E-state index contributed by atoms with van der Waals surface area (Å²) in [5, 5.41) is 21.3. The molecule has 0 aromatic heterocycles.